The van der Waals surface area contributed by atoms with E-state index in [1.807, 2.05) is 29.6 Å². The Morgan fingerprint density at radius 2 is 1.50 bits per heavy atom. The van der Waals surface area contributed by atoms with E-state index in [9.17, 15) is 39.0 Å². The average Bonchev–Trinajstić information content (AvgIpc) is 3.26. The van der Waals surface area contributed by atoms with Gasteiger partial charge in [-0.1, -0.05) is 18.2 Å². The van der Waals surface area contributed by atoms with E-state index >= 15 is 0 Å². The average molecular weight is 535 g/mol. The minimum atomic E-state index is -1.67. The Labute approximate surface area is 215 Å². The van der Waals surface area contributed by atoms with E-state index in [1.165, 1.54) is 0 Å². The summed E-state index contributed by atoms with van der Waals surface area (Å²) in [4.78, 5) is 74.5. The van der Waals surface area contributed by atoms with Gasteiger partial charge in [-0.15, -0.1) is 0 Å². The number of para-hydroxylation sites is 1. The molecule has 0 aliphatic heterocycles. The lowest BCUT2D eigenvalue weighted by atomic mass is 10.0. The van der Waals surface area contributed by atoms with Crippen LogP contribution in [-0.4, -0.2) is 86.6 Å². The maximum absolute atomic E-state index is 12.7. The van der Waals surface area contributed by atoms with Crippen LogP contribution in [0.3, 0.4) is 0 Å². The number of carboxylic acids is 2. The lowest BCUT2D eigenvalue weighted by Crippen LogP contribution is -2.58. The zero-order valence-corrected chi connectivity index (χ0v) is 20.2. The van der Waals surface area contributed by atoms with Crippen LogP contribution in [0.15, 0.2) is 30.5 Å². The molecule has 0 radical (unpaired) electrons. The van der Waals surface area contributed by atoms with Crippen molar-refractivity contribution in [1.29, 1.82) is 0 Å². The van der Waals surface area contributed by atoms with E-state index in [2.05, 4.69) is 15.6 Å². The van der Waals surface area contributed by atoms with Gasteiger partial charge in [-0.05, 0) is 24.5 Å². The normalized spacial score (nSPS) is 14.1. The maximum atomic E-state index is 12.7. The standard InChI is InChI=1S/C23H30N6O9/c24-13(7-11-9-26-14-4-2-1-3-12(11)14)20(34)29-17(10-30)22(36)28-16(8-18(25)31)21(35)27-15(23(37)38)5-6-19(32)33/h1-4,9,13,15-17,26,30H,5-8,10,24H2,(H2,25,31)(H,27,35)(H,28,36)(H,29,34)(H,32,33)(H,37,38). The van der Waals surface area contributed by atoms with Gasteiger partial charge >= 0.3 is 11.9 Å². The minimum Gasteiger partial charge on any atom is -0.481 e. The predicted molar refractivity (Wildman–Crippen MR) is 131 cm³/mol. The number of H-pyrrole nitrogens is 1. The molecule has 4 unspecified atom stereocenters. The van der Waals surface area contributed by atoms with Crippen LogP contribution in [0.25, 0.3) is 10.9 Å². The number of nitrogens with two attached hydrogens (primary N) is 2. The number of carbonyl (C=O) groups is 6. The molecule has 206 valence electrons. The molecule has 4 atom stereocenters. The summed E-state index contributed by atoms with van der Waals surface area (Å²) in [6.45, 7) is -0.890. The molecule has 38 heavy (non-hydrogen) atoms. The third kappa shape index (κ3) is 8.56. The fraction of sp³-hybridized carbons (Fsp3) is 0.391. The fourth-order valence-electron chi connectivity index (χ4n) is 3.58. The first kappa shape index (κ1) is 29.7. The summed E-state index contributed by atoms with van der Waals surface area (Å²) >= 11 is 0. The van der Waals surface area contributed by atoms with Crippen LogP contribution >= 0.6 is 0 Å². The molecule has 15 heteroatoms. The summed E-state index contributed by atoms with van der Waals surface area (Å²) in [5, 5.41) is 34.9. The van der Waals surface area contributed by atoms with Crippen molar-refractivity contribution in [2.75, 3.05) is 6.61 Å². The van der Waals surface area contributed by atoms with Gasteiger partial charge in [-0.3, -0.25) is 24.0 Å². The van der Waals surface area contributed by atoms with E-state index < -0.39 is 85.6 Å². The summed E-state index contributed by atoms with van der Waals surface area (Å²) in [7, 11) is 0. The van der Waals surface area contributed by atoms with Gasteiger partial charge in [0.1, 0.15) is 18.1 Å². The lowest BCUT2D eigenvalue weighted by molar-refractivity contribution is -0.143. The molecule has 0 aliphatic carbocycles. The Morgan fingerprint density at radius 1 is 0.895 bits per heavy atom. The second kappa shape index (κ2) is 13.7. The highest BCUT2D eigenvalue weighted by molar-refractivity contribution is 5.96. The number of rotatable bonds is 15. The van der Waals surface area contributed by atoms with Crippen molar-refractivity contribution in [1.82, 2.24) is 20.9 Å². The largest absolute Gasteiger partial charge is 0.481 e. The highest BCUT2D eigenvalue weighted by atomic mass is 16.4. The van der Waals surface area contributed by atoms with Crippen molar-refractivity contribution in [3.63, 3.8) is 0 Å². The van der Waals surface area contributed by atoms with Crippen LogP contribution in [0.2, 0.25) is 0 Å². The maximum Gasteiger partial charge on any atom is 0.326 e. The number of nitrogens with one attached hydrogen (secondary N) is 4. The highest BCUT2D eigenvalue weighted by Crippen LogP contribution is 2.18. The van der Waals surface area contributed by atoms with E-state index in [0.717, 1.165) is 16.5 Å². The molecule has 15 nitrogen and oxygen atoms in total. The van der Waals surface area contributed by atoms with Crippen molar-refractivity contribution >= 4 is 46.5 Å². The molecule has 11 N–H and O–H groups in total. The molecule has 1 heterocycles. The Kier molecular flexibility index (Phi) is 10.7. The Hall–Kier alpha value is -4.50. The van der Waals surface area contributed by atoms with Crippen molar-refractivity contribution in [3.8, 4) is 0 Å². The monoisotopic (exact) mass is 534 g/mol. The molecule has 2 rings (SSSR count). The molecular formula is C23H30N6O9. The minimum absolute atomic E-state index is 0.106. The third-order valence-corrected chi connectivity index (χ3v) is 5.57. The third-order valence-electron chi connectivity index (χ3n) is 5.57. The first-order valence-electron chi connectivity index (χ1n) is 11.5. The Morgan fingerprint density at radius 3 is 2.11 bits per heavy atom. The number of carboxylic acid groups (broad SMARTS) is 2. The number of amides is 4. The van der Waals surface area contributed by atoms with Gasteiger partial charge in [0.25, 0.3) is 0 Å². The Balaban J connectivity index is 2.04. The number of benzene rings is 1. The van der Waals surface area contributed by atoms with Crippen LogP contribution in [0.4, 0.5) is 0 Å². The van der Waals surface area contributed by atoms with Crippen LogP contribution in [0.1, 0.15) is 24.8 Å². The summed E-state index contributed by atoms with van der Waals surface area (Å²) in [6, 6.07) is 1.38. The van der Waals surface area contributed by atoms with Gasteiger partial charge in [0, 0.05) is 23.5 Å². The Bertz CT molecular complexity index is 1200. The smallest absolute Gasteiger partial charge is 0.326 e. The van der Waals surface area contributed by atoms with Crippen molar-refractivity contribution in [3.05, 3.63) is 36.0 Å². The van der Waals surface area contributed by atoms with E-state index in [-0.39, 0.29) is 6.42 Å². The lowest BCUT2D eigenvalue weighted by Gasteiger charge is -2.23. The predicted octanol–water partition coefficient (Wildman–Crippen LogP) is -2.69. The highest BCUT2D eigenvalue weighted by Gasteiger charge is 2.31. The number of aliphatic hydroxyl groups excluding tert-OH is 1. The molecule has 2 aromatic rings. The summed E-state index contributed by atoms with van der Waals surface area (Å²) in [6.07, 6.45) is 0.0327. The van der Waals surface area contributed by atoms with Gasteiger partial charge in [0.2, 0.25) is 23.6 Å². The zero-order chi connectivity index (χ0) is 28.4. The van der Waals surface area contributed by atoms with Gasteiger partial charge in [-0.2, -0.15) is 0 Å². The number of aliphatic carboxylic acids is 2. The van der Waals surface area contributed by atoms with Crippen molar-refractivity contribution in [2.24, 2.45) is 11.5 Å². The fourth-order valence-corrected chi connectivity index (χ4v) is 3.58. The summed E-state index contributed by atoms with van der Waals surface area (Å²) in [5.41, 5.74) is 12.7. The number of fused-ring (bicyclic) bond motifs is 1. The molecular weight excluding hydrogens is 504 g/mol. The van der Waals surface area contributed by atoms with Gasteiger partial charge < -0.3 is 47.7 Å². The number of carbonyl (C=O) groups excluding carboxylic acids is 4. The number of aliphatic hydroxyl groups is 1. The van der Waals surface area contributed by atoms with Gasteiger partial charge in [0.05, 0.1) is 19.1 Å². The topological polar surface area (TPSA) is 267 Å². The molecule has 0 spiro atoms. The number of hydrogen-bond acceptors (Lipinski definition) is 8. The van der Waals surface area contributed by atoms with Crippen molar-refractivity contribution in [2.45, 2.75) is 49.9 Å². The molecule has 0 saturated heterocycles. The summed E-state index contributed by atoms with van der Waals surface area (Å²) < 4.78 is 0. The molecule has 0 saturated carbocycles. The van der Waals surface area contributed by atoms with Crippen LogP contribution < -0.4 is 27.4 Å². The molecule has 0 aliphatic rings. The van der Waals surface area contributed by atoms with Gasteiger partial charge in [-0.25, -0.2) is 4.79 Å². The zero-order valence-electron chi connectivity index (χ0n) is 20.2. The van der Waals surface area contributed by atoms with Crippen molar-refractivity contribution < 1.29 is 44.1 Å². The van der Waals surface area contributed by atoms with Crippen LogP contribution in [-0.2, 0) is 35.2 Å². The molecule has 0 bridgehead atoms. The quantitative estimate of drug-likeness (QED) is 0.114. The number of aromatic nitrogens is 1. The second-order valence-electron chi connectivity index (χ2n) is 8.48. The van der Waals surface area contributed by atoms with Crippen LogP contribution in [0, 0.1) is 0 Å². The van der Waals surface area contributed by atoms with Gasteiger partial charge in [0.15, 0.2) is 0 Å². The van der Waals surface area contributed by atoms with E-state index in [1.54, 1.807) is 6.20 Å². The van der Waals surface area contributed by atoms with Crippen LogP contribution in [0.5, 0.6) is 0 Å². The second-order valence-corrected chi connectivity index (χ2v) is 8.48. The molecule has 1 aromatic carbocycles. The van der Waals surface area contributed by atoms with E-state index in [0.29, 0.717) is 0 Å². The first-order chi connectivity index (χ1) is 17.9. The molecule has 4 amide bonds. The SMILES string of the molecule is NC(=O)CC(NC(=O)C(CO)NC(=O)C(N)Cc1c[nH]c2ccccc12)C(=O)NC(CCC(=O)O)C(=O)O. The number of aromatic amines is 1. The first-order valence-corrected chi connectivity index (χ1v) is 11.5. The number of hydrogen-bond donors (Lipinski definition) is 9. The van der Waals surface area contributed by atoms with E-state index in [4.69, 9.17) is 16.6 Å². The molecule has 0 fully saturated rings. The number of primary amides is 1. The summed E-state index contributed by atoms with van der Waals surface area (Å²) in [5.74, 6) is -6.83. The molecule has 1 aromatic heterocycles.